The smallest absolute Gasteiger partial charge is 0.306 e. The summed E-state index contributed by atoms with van der Waals surface area (Å²) >= 11 is 0. The molecule has 0 aromatic rings. The number of carboxylic acid groups (broad SMARTS) is 1. The van der Waals surface area contributed by atoms with Crippen LogP contribution in [0.2, 0.25) is 0 Å². The molecule has 0 heterocycles. The summed E-state index contributed by atoms with van der Waals surface area (Å²) in [6, 6.07) is 0. The summed E-state index contributed by atoms with van der Waals surface area (Å²) in [5, 5.41) is 11.8. The Balaban J connectivity index is 4.05. The maximum Gasteiger partial charge on any atom is 0.306 e. The molecule has 0 radical (unpaired) electrons. The number of ether oxygens (including phenoxy) is 4. The molecule has 0 aromatic heterocycles. The van der Waals surface area contributed by atoms with E-state index in [1.54, 1.807) is 0 Å². The van der Waals surface area contributed by atoms with Crippen LogP contribution in [0.4, 0.5) is 0 Å². The first-order valence-electron chi connectivity index (χ1n) is 36.8. The summed E-state index contributed by atoms with van der Waals surface area (Å²) in [5.41, 5.74) is 0. The van der Waals surface area contributed by atoms with Crippen molar-refractivity contribution < 1.29 is 42.9 Å². The molecule has 0 aliphatic carbocycles. The van der Waals surface area contributed by atoms with Crippen LogP contribution in [0, 0.1) is 0 Å². The van der Waals surface area contributed by atoms with Crippen molar-refractivity contribution >= 4 is 17.9 Å². The summed E-state index contributed by atoms with van der Waals surface area (Å²) in [4.78, 5) is 37.5. The van der Waals surface area contributed by atoms with Crippen LogP contribution in [0.15, 0.2) is 48.6 Å². The van der Waals surface area contributed by atoms with Gasteiger partial charge in [0.2, 0.25) is 0 Å². The topological polar surface area (TPSA) is 111 Å². The average molecular weight is 1200 g/mol. The van der Waals surface area contributed by atoms with Crippen LogP contribution in [0.5, 0.6) is 0 Å². The van der Waals surface area contributed by atoms with E-state index in [2.05, 4.69) is 62.5 Å². The number of hydrogen-bond donors (Lipinski definition) is 0. The van der Waals surface area contributed by atoms with Crippen molar-refractivity contribution in [2.45, 2.75) is 373 Å². The second-order valence-corrected chi connectivity index (χ2v) is 26.2. The first-order chi connectivity index (χ1) is 41.6. The quantitative estimate of drug-likeness (QED) is 0.0195. The van der Waals surface area contributed by atoms with E-state index in [0.29, 0.717) is 17.4 Å². The van der Waals surface area contributed by atoms with E-state index in [0.717, 1.165) is 51.4 Å². The molecule has 498 valence electrons. The lowest BCUT2D eigenvalue weighted by atomic mass is 10.0. The predicted octanol–water partition coefficient (Wildman–Crippen LogP) is 21.6. The van der Waals surface area contributed by atoms with Gasteiger partial charge in [0.15, 0.2) is 12.4 Å². The number of carbonyl (C=O) groups excluding carboxylic acids is 3. The normalized spacial score (nSPS) is 12.9. The number of carbonyl (C=O) groups is 3. The maximum atomic E-state index is 12.9. The minimum absolute atomic E-state index is 0.150. The van der Waals surface area contributed by atoms with Gasteiger partial charge in [0.05, 0.1) is 40.3 Å². The van der Waals surface area contributed by atoms with Crippen LogP contribution in [-0.2, 0) is 33.3 Å². The van der Waals surface area contributed by atoms with Crippen molar-refractivity contribution in [3.63, 3.8) is 0 Å². The number of esters is 2. The Labute approximate surface area is 527 Å². The van der Waals surface area contributed by atoms with Crippen molar-refractivity contribution in [2.75, 3.05) is 47.5 Å². The summed E-state index contributed by atoms with van der Waals surface area (Å²) in [7, 11) is 5.94. The van der Waals surface area contributed by atoms with Crippen LogP contribution in [0.1, 0.15) is 361 Å². The predicted molar refractivity (Wildman–Crippen MR) is 362 cm³/mol. The number of unbranched alkanes of at least 4 members (excludes halogenated alkanes) is 46. The van der Waals surface area contributed by atoms with Crippen LogP contribution in [0.25, 0.3) is 0 Å². The fraction of sp³-hybridized carbons (Fsp3) is 0.855. The molecule has 9 heteroatoms. The first kappa shape index (κ1) is 82.2. The molecule has 0 amide bonds. The lowest BCUT2D eigenvalue weighted by Gasteiger charge is -2.26. The number of quaternary nitrogens is 1. The van der Waals surface area contributed by atoms with E-state index in [1.165, 1.54) is 283 Å². The summed E-state index contributed by atoms with van der Waals surface area (Å²) in [6.45, 7) is 4.79. The van der Waals surface area contributed by atoms with Gasteiger partial charge in [0.25, 0.3) is 0 Å². The monoisotopic (exact) mass is 1200 g/mol. The van der Waals surface area contributed by atoms with E-state index in [1.807, 2.05) is 21.1 Å². The average Bonchev–Trinajstić information content (AvgIpc) is 3.49. The zero-order valence-electron chi connectivity index (χ0n) is 57.0. The highest BCUT2D eigenvalue weighted by molar-refractivity contribution is 5.70. The largest absolute Gasteiger partial charge is 0.545 e. The third kappa shape index (κ3) is 68.6. The van der Waals surface area contributed by atoms with E-state index in [4.69, 9.17) is 18.9 Å². The molecule has 2 atom stereocenters. The minimum Gasteiger partial charge on any atom is -0.545 e. The van der Waals surface area contributed by atoms with Crippen LogP contribution in [-0.4, -0.2) is 82.3 Å². The fourth-order valence-corrected chi connectivity index (χ4v) is 10.9. The zero-order chi connectivity index (χ0) is 61.9. The Morgan fingerprint density at radius 3 is 0.929 bits per heavy atom. The molecule has 0 spiro atoms. The second-order valence-electron chi connectivity index (χ2n) is 26.2. The fourth-order valence-electron chi connectivity index (χ4n) is 10.9. The van der Waals surface area contributed by atoms with Crippen molar-refractivity contribution in [3.05, 3.63) is 48.6 Å². The van der Waals surface area contributed by atoms with Crippen LogP contribution >= 0.6 is 0 Å². The molecule has 9 nitrogen and oxygen atoms in total. The first-order valence-corrected chi connectivity index (χ1v) is 36.8. The summed E-state index contributed by atoms with van der Waals surface area (Å²) in [6.07, 6.45) is 83.5. The van der Waals surface area contributed by atoms with Crippen molar-refractivity contribution in [1.82, 2.24) is 0 Å². The SMILES string of the molecule is CCCCCCC/C=C\C/C=C\CCCCCCCCCCCCCCCCCCCCCC(=O)OC(COC(=O)CCCCCCCCCCCCCCCCCCC/C=C\C/C=C\CCCCCCC)COC(OCC[N+](C)(C)C)C(=O)[O-]. The number of nitrogens with zero attached hydrogens (tertiary/aromatic N) is 1. The molecule has 2 unspecified atom stereocenters. The molecule has 0 N–H and O–H groups in total. The Kier molecular flexibility index (Phi) is 65.0. The molecule has 0 saturated carbocycles. The van der Waals surface area contributed by atoms with E-state index < -0.39 is 24.3 Å². The molecule has 0 aromatic carbocycles. The third-order valence-corrected chi connectivity index (χ3v) is 16.5. The highest BCUT2D eigenvalue weighted by Gasteiger charge is 2.22. The van der Waals surface area contributed by atoms with Gasteiger partial charge in [-0.3, -0.25) is 9.59 Å². The van der Waals surface area contributed by atoms with E-state index >= 15 is 0 Å². The zero-order valence-corrected chi connectivity index (χ0v) is 57.0. The van der Waals surface area contributed by atoms with Gasteiger partial charge >= 0.3 is 11.9 Å². The highest BCUT2D eigenvalue weighted by atomic mass is 16.7. The standard InChI is InChI=1S/C76H141NO8/c1-6-8-10-12-14-16-18-20-22-24-26-28-30-32-34-36-37-39-41-43-45-47-49-51-53-55-57-59-61-63-65-67-74(79)85-72(71-84-76(75(80)81)82-69-68-77(3,4)5)70-83-73(78)66-64-62-60-58-56-54-52-50-48-46-44-42-40-38-35-33-31-29-27-25-23-21-19-17-15-13-11-9-7-2/h18-21,24-27,72,76H,6-17,22-23,28-71H2,1-5H3/b20-18-,21-19-,26-24-,27-25-. The number of aliphatic carboxylic acids is 1. The number of carboxylic acids is 1. The molecule has 0 fully saturated rings. The van der Waals surface area contributed by atoms with Gasteiger partial charge in [-0.05, 0) is 77.0 Å². The Bertz CT molecular complexity index is 1530. The molecular formula is C76H141NO8. The van der Waals surface area contributed by atoms with Crippen LogP contribution in [0.3, 0.4) is 0 Å². The van der Waals surface area contributed by atoms with Crippen molar-refractivity contribution in [3.8, 4) is 0 Å². The molecule has 85 heavy (non-hydrogen) atoms. The summed E-state index contributed by atoms with van der Waals surface area (Å²) in [5.74, 6) is -2.26. The Hall–Kier alpha value is -2.75. The second kappa shape index (κ2) is 67.2. The maximum absolute atomic E-state index is 12.9. The van der Waals surface area contributed by atoms with Gasteiger partial charge in [0.1, 0.15) is 13.2 Å². The van der Waals surface area contributed by atoms with Gasteiger partial charge in [-0.2, -0.15) is 0 Å². The van der Waals surface area contributed by atoms with E-state index in [-0.39, 0.29) is 32.2 Å². The molecular weight excluding hydrogens is 1050 g/mol. The van der Waals surface area contributed by atoms with Gasteiger partial charge in [-0.1, -0.05) is 319 Å². The third-order valence-electron chi connectivity index (χ3n) is 16.5. The van der Waals surface area contributed by atoms with Gasteiger partial charge in [-0.25, -0.2) is 0 Å². The molecule has 0 saturated heterocycles. The minimum atomic E-state index is -1.62. The van der Waals surface area contributed by atoms with E-state index in [9.17, 15) is 19.5 Å². The Morgan fingerprint density at radius 2 is 0.635 bits per heavy atom. The molecule has 0 rings (SSSR count). The summed E-state index contributed by atoms with van der Waals surface area (Å²) < 4.78 is 22.8. The molecule has 0 aliphatic rings. The molecule has 0 aliphatic heterocycles. The van der Waals surface area contributed by atoms with Gasteiger partial charge < -0.3 is 33.3 Å². The Morgan fingerprint density at radius 1 is 0.353 bits per heavy atom. The lowest BCUT2D eigenvalue weighted by Crippen LogP contribution is -2.44. The van der Waals surface area contributed by atoms with Crippen molar-refractivity contribution in [2.24, 2.45) is 0 Å². The van der Waals surface area contributed by atoms with Crippen LogP contribution < -0.4 is 5.11 Å². The number of likely N-dealkylation sites (N-methyl/N-ethyl adjacent to an activating group) is 1. The number of hydrogen-bond acceptors (Lipinski definition) is 8. The highest BCUT2D eigenvalue weighted by Crippen LogP contribution is 2.19. The van der Waals surface area contributed by atoms with Gasteiger partial charge in [-0.15, -0.1) is 0 Å². The molecule has 0 bridgehead atoms. The van der Waals surface area contributed by atoms with Crippen molar-refractivity contribution in [1.29, 1.82) is 0 Å². The number of allylic oxidation sites excluding steroid dienone is 8. The number of rotatable bonds is 69. The van der Waals surface area contributed by atoms with Gasteiger partial charge in [0, 0.05) is 12.8 Å². The lowest BCUT2D eigenvalue weighted by molar-refractivity contribution is -0.870.